The second-order valence-corrected chi connectivity index (χ2v) is 5.87. The molecule has 1 fully saturated rings. The molecule has 1 aliphatic carbocycles. The van der Waals surface area contributed by atoms with Crippen LogP contribution in [0.5, 0.6) is 0 Å². The van der Waals surface area contributed by atoms with E-state index in [1.54, 1.807) is 25.1 Å². The Morgan fingerprint density at radius 2 is 1.95 bits per heavy atom. The lowest BCUT2D eigenvalue weighted by molar-refractivity contribution is -0.152. The Morgan fingerprint density at radius 1 is 1.30 bits per heavy atom. The predicted octanol–water partition coefficient (Wildman–Crippen LogP) is 3.28. The number of nitrogens with one attached hydrogen (secondary N) is 1. The normalized spacial score (nSPS) is 22.8. The van der Waals surface area contributed by atoms with Crippen molar-refractivity contribution >= 4 is 35.1 Å². The molecule has 1 saturated carbocycles. The van der Waals surface area contributed by atoms with Crippen molar-refractivity contribution < 1.29 is 14.7 Å². The maximum absolute atomic E-state index is 12.1. The summed E-state index contributed by atoms with van der Waals surface area (Å²) in [6.45, 7) is 1.80. The Hall–Kier alpha value is -1.26. The Bertz CT molecular complexity index is 547. The molecule has 0 aliphatic heterocycles. The molecular weight excluding hydrogens is 301 g/mol. The number of hydrogen-bond acceptors (Lipinski definition) is 2. The average molecular weight is 316 g/mol. The number of amides is 1. The molecule has 0 bridgehead atoms. The van der Waals surface area contributed by atoms with Gasteiger partial charge >= 0.3 is 5.97 Å². The highest BCUT2D eigenvalue weighted by molar-refractivity contribution is 6.33. The maximum Gasteiger partial charge on any atom is 0.307 e. The van der Waals surface area contributed by atoms with Gasteiger partial charge < -0.3 is 10.4 Å². The quantitative estimate of drug-likeness (QED) is 0.896. The number of carbonyl (C=O) groups is 2. The summed E-state index contributed by atoms with van der Waals surface area (Å²) in [5.41, 5.74) is 0.721. The molecule has 1 amide bonds. The van der Waals surface area contributed by atoms with Crippen molar-refractivity contribution in [2.45, 2.75) is 25.8 Å². The second kappa shape index (κ2) is 6.02. The summed E-state index contributed by atoms with van der Waals surface area (Å²) in [5, 5.41) is 12.8. The van der Waals surface area contributed by atoms with Crippen LogP contribution >= 0.6 is 23.2 Å². The molecule has 1 aromatic rings. The minimum Gasteiger partial charge on any atom is -0.481 e. The Balaban J connectivity index is 2.04. The molecule has 3 unspecified atom stereocenters. The van der Waals surface area contributed by atoms with E-state index in [1.807, 2.05) is 0 Å². The third-order valence-electron chi connectivity index (χ3n) is 3.71. The third kappa shape index (κ3) is 3.07. The number of benzene rings is 1. The number of halogens is 2. The van der Waals surface area contributed by atoms with E-state index in [9.17, 15) is 9.59 Å². The number of carbonyl (C=O) groups excluding carboxylic acids is 1. The van der Waals surface area contributed by atoms with Crippen LogP contribution in [0.1, 0.15) is 31.4 Å². The molecule has 1 aliphatic rings. The van der Waals surface area contributed by atoms with Gasteiger partial charge in [0.05, 0.1) is 17.9 Å². The largest absolute Gasteiger partial charge is 0.481 e. The fourth-order valence-corrected chi connectivity index (χ4v) is 2.82. The lowest BCUT2D eigenvalue weighted by Gasteiger charge is -2.33. The predicted molar refractivity (Wildman–Crippen MR) is 76.9 cm³/mol. The third-order valence-corrected chi connectivity index (χ3v) is 4.29. The molecule has 0 heterocycles. The van der Waals surface area contributed by atoms with Crippen molar-refractivity contribution in [3.8, 4) is 0 Å². The Morgan fingerprint density at radius 3 is 2.50 bits per heavy atom. The zero-order chi connectivity index (χ0) is 14.9. The van der Waals surface area contributed by atoms with Crippen LogP contribution in [0, 0.1) is 11.8 Å². The first kappa shape index (κ1) is 15.1. The fraction of sp³-hybridized carbons (Fsp3) is 0.429. The summed E-state index contributed by atoms with van der Waals surface area (Å²) in [7, 11) is 0. The Kier molecular flexibility index (Phi) is 4.55. The highest BCUT2D eigenvalue weighted by atomic mass is 35.5. The molecular formula is C14H15Cl2NO3. The van der Waals surface area contributed by atoms with Crippen molar-refractivity contribution in [1.29, 1.82) is 0 Å². The van der Waals surface area contributed by atoms with E-state index < -0.39 is 17.8 Å². The van der Waals surface area contributed by atoms with E-state index in [4.69, 9.17) is 28.3 Å². The maximum atomic E-state index is 12.1. The highest BCUT2D eigenvalue weighted by Gasteiger charge is 2.41. The summed E-state index contributed by atoms with van der Waals surface area (Å²) < 4.78 is 0. The summed E-state index contributed by atoms with van der Waals surface area (Å²) >= 11 is 12.0. The molecule has 20 heavy (non-hydrogen) atoms. The van der Waals surface area contributed by atoms with E-state index in [2.05, 4.69) is 5.32 Å². The van der Waals surface area contributed by atoms with Crippen LogP contribution in [0.25, 0.3) is 0 Å². The van der Waals surface area contributed by atoms with Crippen molar-refractivity contribution in [2.75, 3.05) is 0 Å². The summed E-state index contributed by atoms with van der Waals surface area (Å²) in [6.07, 6.45) is 1.17. The van der Waals surface area contributed by atoms with Crippen LogP contribution in [0.2, 0.25) is 10.0 Å². The van der Waals surface area contributed by atoms with E-state index in [0.717, 1.165) is 5.56 Å². The van der Waals surface area contributed by atoms with Gasteiger partial charge in [-0.15, -0.1) is 0 Å². The first-order chi connectivity index (χ1) is 9.40. The molecule has 108 valence electrons. The summed E-state index contributed by atoms with van der Waals surface area (Å²) in [4.78, 5) is 23.0. The van der Waals surface area contributed by atoms with Crippen LogP contribution in [0.15, 0.2) is 18.2 Å². The zero-order valence-corrected chi connectivity index (χ0v) is 12.4. The minimum atomic E-state index is -0.912. The highest BCUT2D eigenvalue weighted by Crippen LogP contribution is 2.35. The lowest BCUT2D eigenvalue weighted by Crippen LogP contribution is -2.44. The van der Waals surface area contributed by atoms with E-state index in [0.29, 0.717) is 22.9 Å². The minimum absolute atomic E-state index is 0.243. The zero-order valence-electron chi connectivity index (χ0n) is 10.9. The first-order valence-electron chi connectivity index (χ1n) is 6.38. The van der Waals surface area contributed by atoms with Gasteiger partial charge in [0.25, 0.3) is 0 Å². The van der Waals surface area contributed by atoms with Crippen LogP contribution in [0.4, 0.5) is 0 Å². The van der Waals surface area contributed by atoms with Crippen molar-refractivity contribution in [2.24, 2.45) is 11.8 Å². The second-order valence-electron chi connectivity index (χ2n) is 5.02. The van der Waals surface area contributed by atoms with Gasteiger partial charge in [-0.2, -0.15) is 0 Å². The molecule has 6 heteroatoms. The van der Waals surface area contributed by atoms with Gasteiger partial charge in [-0.3, -0.25) is 9.59 Å². The molecule has 0 spiro atoms. The Labute approximate surface area is 127 Å². The lowest BCUT2D eigenvalue weighted by atomic mass is 9.73. The molecule has 2 N–H and O–H groups in total. The van der Waals surface area contributed by atoms with E-state index in [1.165, 1.54) is 0 Å². The number of aliphatic carboxylic acids is 1. The molecule has 0 radical (unpaired) electrons. The average Bonchev–Trinajstić information content (AvgIpc) is 2.29. The van der Waals surface area contributed by atoms with Crippen LogP contribution in [0.3, 0.4) is 0 Å². The molecule has 2 rings (SSSR count). The van der Waals surface area contributed by atoms with Crippen molar-refractivity contribution in [3.63, 3.8) is 0 Å². The summed E-state index contributed by atoms with van der Waals surface area (Å²) in [6, 6.07) is 4.73. The smallest absolute Gasteiger partial charge is 0.307 e. The monoisotopic (exact) mass is 315 g/mol. The SMILES string of the molecule is CC(NC(=O)C1CCC1C(=O)O)c1cc(Cl)ccc1Cl. The van der Waals surface area contributed by atoms with Gasteiger partial charge in [0.1, 0.15) is 0 Å². The van der Waals surface area contributed by atoms with Crippen LogP contribution in [-0.4, -0.2) is 17.0 Å². The van der Waals surface area contributed by atoms with Crippen LogP contribution in [-0.2, 0) is 9.59 Å². The van der Waals surface area contributed by atoms with Crippen molar-refractivity contribution in [1.82, 2.24) is 5.32 Å². The van der Waals surface area contributed by atoms with Gasteiger partial charge in [0.2, 0.25) is 5.91 Å². The topological polar surface area (TPSA) is 66.4 Å². The van der Waals surface area contributed by atoms with Gasteiger partial charge in [-0.1, -0.05) is 23.2 Å². The van der Waals surface area contributed by atoms with Gasteiger partial charge in [-0.25, -0.2) is 0 Å². The van der Waals surface area contributed by atoms with Gasteiger partial charge in [-0.05, 0) is 43.5 Å². The van der Waals surface area contributed by atoms with Crippen molar-refractivity contribution in [3.05, 3.63) is 33.8 Å². The summed E-state index contributed by atoms with van der Waals surface area (Å²) in [5.74, 6) is -2.18. The molecule has 0 saturated heterocycles. The molecule has 0 aromatic heterocycles. The van der Waals surface area contributed by atoms with Gasteiger partial charge in [0, 0.05) is 10.0 Å². The van der Waals surface area contributed by atoms with Crippen LogP contribution < -0.4 is 5.32 Å². The number of carboxylic acid groups (broad SMARTS) is 1. The number of hydrogen-bond donors (Lipinski definition) is 2. The number of rotatable bonds is 4. The molecule has 1 aromatic carbocycles. The standard InChI is InChI=1S/C14H15Cl2NO3/c1-7(11-6-8(15)2-5-12(11)16)17-13(18)9-3-4-10(9)14(19)20/h2,5-7,9-10H,3-4H2,1H3,(H,17,18)(H,19,20). The van der Waals surface area contributed by atoms with E-state index >= 15 is 0 Å². The fourth-order valence-electron chi connectivity index (χ4n) is 2.35. The van der Waals surface area contributed by atoms with E-state index in [-0.39, 0.29) is 11.9 Å². The number of carboxylic acids is 1. The van der Waals surface area contributed by atoms with Gasteiger partial charge in [0.15, 0.2) is 0 Å². The first-order valence-corrected chi connectivity index (χ1v) is 7.14. The molecule has 3 atom stereocenters. The molecule has 4 nitrogen and oxygen atoms in total.